The molecule has 0 N–H and O–H groups in total. The van der Waals surface area contributed by atoms with Crippen LogP contribution >= 0.6 is 0 Å². The molecule has 98 valence electrons. The van der Waals surface area contributed by atoms with Crippen LogP contribution in [-0.2, 0) is 6.42 Å². The second-order valence-corrected chi connectivity index (χ2v) is 4.18. The number of carbonyl (C=O) groups is 1. The number of methoxy groups -OCH3 is 1. The van der Waals surface area contributed by atoms with E-state index in [4.69, 9.17) is 4.74 Å². The molecule has 0 atom stereocenters. The van der Waals surface area contributed by atoms with E-state index in [1.54, 1.807) is 0 Å². The Morgan fingerprint density at radius 3 is 2.63 bits per heavy atom. The van der Waals surface area contributed by atoms with Gasteiger partial charge in [-0.25, -0.2) is 9.97 Å². The Balaban J connectivity index is 1.91. The van der Waals surface area contributed by atoms with E-state index in [1.807, 2.05) is 18.2 Å². The van der Waals surface area contributed by atoms with E-state index in [-0.39, 0.29) is 5.78 Å². The lowest BCUT2D eigenvalue weighted by molar-refractivity contribution is 0.0971. The van der Waals surface area contributed by atoms with Crippen molar-refractivity contribution in [3.63, 3.8) is 0 Å². The van der Waals surface area contributed by atoms with Crippen LogP contribution in [0.5, 0.6) is 5.88 Å². The van der Waals surface area contributed by atoms with Gasteiger partial charge < -0.3 is 4.74 Å². The number of rotatable bonds is 6. The molecule has 0 unspecified atom stereocenters. The molecule has 0 radical (unpaired) electrons. The summed E-state index contributed by atoms with van der Waals surface area (Å²) in [7, 11) is 1.49. The van der Waals surface area contributed by atoms with E-state index in [2.05, 4.69) is 22.1 Å². The van der Waals surface area contributed by atoms with Crippen molar-refractivity contribution in [3.8, 4) is 5.88 Å². The van der Waals surface area contributed by atoms with Crippen LogP contribution in [0.15, 0.2) is 42.7 Å². The maximum atomic E-state index is 12.0. The predicted octanol–water partition coefficient (Wildman–Crippen LogP) is 2.69. The maximum absolute atomic E-state index is 12.0. The minimum atomic E-state index is -0.0270. The first kappa shape index (κ1) is 13.2. The van der Waals surface area contributed by atoms with Crippen LogP contribution in [-0.4, -0.2) is 22.9 Å². The molecule has 0 aliphatic carbocycles. The van der Waals surface area contributed by atoms with E-state index in [0.717, 1.165) is 12.8 Å². The molecule has 0 spiro atoms. The van der Waals surface area contributed by atoms with Gasteiger partial charge in [0.2, 0.25) is 5.88 Å². The van der Waals surface area contributed by atoms with E-state index in [1.165, 1.54) is 25.1 Å². The zero-order valence-electron chi connectivity index (χ0n) is 10.9. The average Bonchev–Trinajstić information content (AvgIpc) is 2.48. The van der Waals surface area contributed by atoms with Gasteiger partial charge in [-0.2, -0.15) is 0 Å². The van der Waals surface area contributed by atoms with Gasteiger partial charge >= 0.3 is 0 Å². The number of carbonyl (C=O) groups excluding carboxylic acids is 1. The van der Waals surface area contributed by atoms with Crippen molar-refractivity contribution in [2.75, 3.05) is 7.11 Å². The third kappa shape index (κ3) is 3.61. The van der Waals surface area contributed by atoms with Crippen LogP contribution in [0.25, 0.3) is 0 Å². The third-order valence-corrected chi connectivity index (χ3v) is 2.83. The Labute approximate surface area is 112 Å². The normalized spacial score (nSPS) is 10.2. The number of hydrogen-bond acceptors (Lipinski definition) is 4. The second kappa shape index (κ2) is 6.64. The maximum Gasteiger partial charge on any atom is 0.243 e. The van der Waals surface area contributed by atoms with Gasteiger partial charge in [-0.05, 0) is 18.4 Å². The number of hydrogen-bond donors (Lipinski definition) is 0. The van der Waals surface area contributed by atoms with Crippen LogP contribution in [0.2, 0.25) is 0 Å². The minimum absolute atomic E-state index is 0.0270. The molecule has 0 aliphatic heterocycles. The van der Waals surface area contributed by atoms with Gasteiger partial charge in [-0.3, -0.25) is 4.79 Å². The number of aromatic nitrogens is 2. The lowest BCUT2D eigenvalue weighted by atomic mass is 10.1. The highest BCUT2D eigenvalue weighted by molar-refractivity contribution is 5.96. The molecule has 1 aromatic carbocycles. The van der Waals surface area contributed by atoms with Crippen molar-refractivity contribution in [2.45, 2.75) is 19.3 Å². The van der Waals surface area contributed by atoms with Crippen LogP contribution in [0.3, 0.4) is 0 Å². The van der Waals surface area contributed by atoms with Gasteiger partial charge in [-0.15, -0.1) is 0 Å². The Kier molecular flexibility index (Phi) is 4.61. The summed E-state index contributed by atoms with van der Waals surface area (Å²) >= 11 is 0. The van der Waals surface area contributed by atoms with Crippen LogP contribution in [0.4, 0.5) is 0 Å². The zero-order valence-corrected chi connectivity index (χ0v) is 10.9. The average molecular weight is 256 g/mol. The highest BCUT2D eigenvalue weighted by atomic mass is 16.5. The van der Waals surface area contributed by atoms with Gasteiger partial charge in [-0.1, -0.05) is 30.3 Å². The standard InChI is InChI=1S/C15H16N2O2/c1-19-15-14(16-10-11-17-15)13(18)9-5-8-12-6-3-2-4-7-12/h2-4,6-7,10-11H,5,8-9H2,1H3. The minimum Gasteiger partial charge on any atom is -0.479 e. The molecule has 2 aromatic rings. The van der Waals surface area contributed by atoms with Crippen LogP contribution in [0, 0.1) is 0 Å². The molecule has 0 amide bonds. The molecule has 2 rings (SSSR count). The largest absolute Gasteiger partial charge is 0.479 e. The van der Waals surface area contributed by atoms with Gasteiger partial charge in [0, 0.05) is 18.8 Å². The lowest BCUT2D eigenvalue weighted by Gasteiger charge is -2.05. The molecule has 0 saturated carbocycles. The Hall–Kier alpha value is -2.23. The fourth-order valence-electron chi connectivity index (χ4n) is 1.88. The summed E-state index contributed by atoms with van der Waals surface area (Å²) in [5.41, 5.74) is 1.56. The SMILES string of the molecule is COc1nccnc1C(=O)CCCc1ccccc1. The molecule has 1 aromatic heterocycles. The first-order chi connectivity index (χ1) is 9.31. The Bertz CT molecular complexity index is 541. The van der Waals surface area contributed by atoms with Crippen molar-refractivity contribution in [2.24, 2.45) is 0 Å². The molecule has 4 nitrogen and oxygen atoms in total. The molecule has 0 fully saturated rings. The predicted molar refractivity (Wildman–Crippen MR) is 72.3 cm³/mol. The fourth-order valence-corrected chi connectivity index (χ4v) is 1.88. The monoisotopic (exact) mass is 256 g/mol. The number of aryl methyl sites for hydroxylation is 1. The summed E-state index contributed by atoms with van der Waals surface area (Å²) in [6.45, 7) is 0. The van der Waals surface area contributed by atoms with Crippen molar-refractivity contribution in [1.29, 1.82) is 0 Å². The Morgan fingerprint density at radius 1 is 1.16 bits per heavy atom. The van der Waals surface area contributed by atoms with Gasteiger partial charge in [0.25, 0.3) is 0 Å². The summed E-state index contributed by atoms with van der Waals surface area (Å²) in [5.74, 6) is 0.271. The lowest BCUT2D eigenvalue weighted by Crippen LogP contribution is -2.06. The molecule has 19 heavy (non-hydrogen) atoms. The Morgan fingerprint density at radius 2 is 1.89 bits per heavy atom. The van der Waals surface area contributed by atoms with E-state index < -0.39 is 0 Å². The molecule has 4 heteroatoms. The smallest absolute Gasteiger partial charge is 0.243 e. The van der Waals surface area contributed by atoms with E-state index in [0.29, 0.717) is 18.0 Å². The summed E-state index contributed by atoms with van der Waals surface area (Å²) in [6.07, 6.45) is 5.15. The van der Waals surface area contributed by atoms with Crippen LogP contribution in [0.1, 0.15) is 28.9 Å². The number of ketones is 1. The first-order valence-electron chi connectivity index (χ1n) is 6.23. The van der Waals surface area contributed by atoms with Crippen molar-refractivity contribution in [3.05, 3.63) is 54.0 Å². The van der Waals surface area contributed by atoms with Crippen molar-refractivity contribution < 1.29 is 9.53 Å². The molecule has 0 aliphatic rings. The first-order valence-corrected chi connectivity index (χ1v) is 6.23. The van der Waals surface area contributed by atoms with Gasteiger partial charge in [0.05, 0.1) is 7.11 Å². The van der Waals surface area contributed by atoms with E-state index in [9.17, 15) is 4.79 Å². The van der Waals surface area contributed by atoms with Gasteiger partial charge in [0.1, 0.15) is 0 Å². The topological polar surface area (TPSA) is 52.1 Å². The fraction of sp³-hybridized carbons (Fsp3) is 0.267. The molecule has 0 saturated heterocycles. The summed E-state index contributed by atoms with van der Waals surface area (Å²) in [6, 6.07) is 10.1. The molecule has 0 bridgehead atoms. The second-order valence-electron chi connectivity index (χ2n) is 4.18. The van der Waals surface area contributed by atoms with Crippen LogP contribution < -0.4 is 4.74 Å². The molecular formula is C15H16N2O2. The molecule has 1 heterocycles. The highest BCUT2D eigenvalue weighted by Gasteiger charge is 2.14. The number of ether oxygens (including phenoxy) is 1. The number of benzene rings is 1. The third-order valence-electron chi connectivity index (χ3n) is 2.83. The summed E-state index contributed by atoms with van der Waals surface area (Å²) in [5, 5.41) is 0. The number of Topliss-reactive ketones (excluding diaryl/α,β-unsaturated/α-hetero) is 1. The van der Waals surface area contributed by atoms with Gasteiger partial charge in [0.15, 0.2) is 11.5 Å². The highest BCUT2D eigenvalue weighted by Crippen LogP contribution is 2.14. The quantitative estimate of drug-likeness (QED) is 0.746. The molecular weight excluding hydrogens is 240 g/mol. The van der Waals surface area contributed by atoms with Crippen molar-refractivity contribution >= 4 is 5.78 Å². The zero-order chi connectivity index (χ0) is 13.5. The number of nitrogens with zero attached hydrogens (tertiary/aromatic N) is 2. The summed E-state index contributed by atoms with van der Waals surface area (Å²) in [4.78, 5) is 20.0. The van der Waals surface area contributed by atoms with E-state index >= 15 is 0 Å². The van der Waals surface area contributed by atoms with Crippen molar-refractivity contribution in [1.82, 2.24) is 9.97 Å². The summed E-state index contributed by atoms with van der Waals surface area (Å²) < 4.78 is 5.04.